The van der Waals surface area contributed by atoms with Gasteiger partial charge in [0.2, 0.25) is 0 Å². The van der Waals surface area contributed by atoms with E-state index in [1.165, 1.54) is 28.5 Å². The fourth-order valence-electron chi connectivity index (χ4n) is 6.62. The maximum atomic E-state index is 14.0. The molecule has 0 amide bonds. The summed E-state index contributed by atoms with van der Waals surface area (Å²) < 4.78 is 18.4. The maximum absolute atomic E-state index is 14.0. The molecule has 1 unspecified atom stereocenters. The van der Waals surface area contributed by atoms with Crippen LogP contribution in [-0.4, -0.2) is 37.3 Å². The van der Waals surface area contributed by atoms with Gasteiger partial charge in [-0.2, -0.15) is 5.10 Å². The van der Waals surface area contributed by atoms with Crippen molar-refractivity contribution in [2.45, 2.75) is 38.3 Å². The van der Waals surface area contributed by atoms with Crippen molar-refractivity contribution in [2.75, 3.05) is 13.1 Å². The molecule has 0 spiro atoms. The van der Waals surface area contributed by atoms with Crippen molar-refractivity contribution in [3.05, 3.63) is 120 Å². The molecule has 0 aliphatic carbocycles. The molecule has 3 heterocycles. The number of halogens is 1. The predicted octanol–water partition coefficient (Wildman–Crippen LogP) is 7.72. The molecule has 1 saturated heterocycles. The third-order valence-corrected chi connectivity index (χ3v) is 8.69. The van der Waals surface area contributed by atoms with Crippen LogP contribution in [0, 0.1) is 5.82 Å². The Morgan fingerprint density at radius 3 is 2.44 bits per heavy atom. The van der Waals surface area contributed by atoms with Gasteiger partial charge in [0.15, 0.2) is 0 Å². The molecule has 1 atom stereocenters. The molecule has 0 saturated carbocycles. The topological polar surface area (TPSA) is 38.9 Å². The lowest BCUT2D eigenvalue weighted by Crippen LogP contribution is -2.33. The number of fused-ring (bicyclic) bond motifs is 2. The fourth-order valence-corrected chi connectivity index (χ4v) is 6.62. The largest absolute Gasteiger partial charge is 0.320 e. The minimum Gasteiger partial charge on any atom is -0.320 e. The molecule has 0 bridgehead atoms. The first-order chi connectivity index (χ1) is 20.1. The summed E-state index contributed by atoms with van der Waals surface area (Å²) in [5.74, 6) is 1.37. The van der Waals surface area contributed by atoms with Crippen LogP contribution >= 0.6 is 0 Å². The van der Waals surface area contributed by atoms with E-state index < -0.39 is 0 Å². The highest BCUT2D eigenvalue weighted by atomic mass is 19.1. The first-order valence-electron chi connectivity index (χ1n) is 14.5. The number of nitrogens with zero attached hydrogens (tertiary/aromatic N) is 5. The van der Waals surface area contributed by atoms with E-state index in [0.29, 0.717) is 5.92 Å². The molecular weight excluding hydrogens is 509 g/mol. The quantitative estimate of drug-likeness (QED) is 0.216. The highest BCUT2D eigenvalue weighted by Crippen LogP contribution is 2.36. The van der Waals surface area contributed by atoms with Crippen molar-refractivity contribution in [3.8, 4) is 11.3 Å². The summed E-state index contributed by atoms with van der Waals surface area (Å²) in [5.41, 5.74) is 7.59. The van der Waals surface area contributed by atoms with Crippen LogP contribution in [0.2, 0.25) is 0 Å². The Hall–Kier alpha value is -4.29. The van der Waals surface area contributed by atoms with Crippen molar-refractivity contribution in [1.29, 1.82) is 0 Å². The number of hydrogen-bond donors (Lipinski definition) is 0. The molecule has 206 valence electrons. The monoisotopic (exact) mass is 543 g/mol. The van der Waals surface area contributed by atoms with Crippen molar-refractivity contribution in [2.24, 2.45) is 7.05 Å². The summed E-state index contributed by atoms with van der Waals surface area (Å²) in [6.07, 6.45) is 2.14. The number of rotatable bonds is 6. The smallest absolute Gasteiger partial charge is 0.123 e. The Kier molecular flexibility index (Phi) is 6.63. The minimum atomic E-state index is -0.244. The highest BCUT2D eigenvalue weighted by Gasteiger charge is 2.28. The van der Waals surface area contributed by atoms with E-state index in [1.807, 2.05) is 17.8 Å². The molecule has 6 heteroatoms. The van der Waals surface area contributed by atoms with Gasteiger partial charge in [-0.1, -0.05) is 72.8 Å². The Morgan fingerprint density at radius 1 is 0.878 bits per heavy atom. The van der Waals surface area contributed by atoms with Crippen LogP contribution in [-0.2, 0) is 13.6 Å². The SMILES string of the molecule is CC(c1ccccc1)n1c(C2CCN(Cc3cccc4c(-c5cccc(F)c5)nn(C)c34)CC2)nc2ccccc21. The van der Waals surface area contributed by atoms with Gasteiger partial charge in [-0.05, 0) is 68.2 Å². The molecule has 7 rings (SSSR count). The number of piperidine rings is 1. The first kappa shape index (κ1) is 25.7. The zero-order valence-electron chi connectivity index (χ0n) is 23.5. The van der Waals surface area contributed by atoms with Crippen LogP contribution in [0.1, 0.15) is 48.7 Å². The zero-order chi connectivity index (χ0) is 27.9. The van der Waals surface area contributed by atoms with Crippen LogP contribution in [0.3, 0.4) is 0 Å². The van der Waals surface area contributed by atoms with Crippen molar-refractivity contribution in [3.63, 3.8) is 0 Å². The third kappa shape index (κ3) is 4.72. The Bertz CT molecular complexity index is 1830. The second kappa shape index (κ2) is 10.6. The standard InChI is InChI=1S/C35H34FN5/c1-24(25-10-4-3-5-11-25)41-32-17-7-6-16-31(32)37-35(41)26-18-20-40(21-19-26)23-28-13-9-15-30-33(38-39(2)34(28)30)27-12-8-14-29(36)22-27/h3-17,22,24,26H,18-21,23H2,1-2H3. The van der Waals surface area contributed by atoms with Gasteiger partial charge in [-0.15, -0.1) is 0 Å². The summed E-state index contributed by atoms with van der Waals surface area (Å²) in [6.45, 7) is 5.18. The van der Waals surface area contributed by atoms with Gasteiger partial charge in [-0.25, -0.2) is 9.37 Å². The molecule has 5 nitrogen and oxygen atoms in total. The molecular formula is C35H34FN5. The van der Waals surface area contributed by atoms with E-state index in [1.54, 1.807) is 12.1 Å². The maximum Gasteiger partial charge on any atom is 0.123 e. The number of likely N-dealkylation sites (tertiary alicyclic amines) is 1. The molecule has 2 aromatic heterocycles. The van der Waals surface area contributed by atoms with E-state index in [2.05, 4.69) is 89.2 Å². The molecule has 41 heavy (non-hydrogen) atoms. The van der Waals surface area contributed by atoms with Gasteiger partial charge >= 0.3 is 0 Å². The number of imidazole rings is 1. The first-order valence-corrected chi connectivity index (χ1v) is 14.5. The van der Waals surface area contributed by atoms with E-state index in [9.17, 15) is 4.39 Å². The van der Waals surface area contributed by atoms with Gasteiger partial charge < -0.3 is 4.57 Å². The molecule has 1 aliphatic heterocycles. The highest BCUT2D eigenvalue weighted by molar-refractivity contribution is 5.95. The normalized spacial score (nSPS) is 15.6. The number of aryl methyl sites for hydroxylation is 1. The number of benzene rings is 4. The van der Waals surface area contributed by atoms with E-state index in [4.69, 9.17) is 10.1 Å². The fraction of sp³-hybridized carbons (Fsp3) is 0.257. The molecule has 1 fully saturated rings. The van der Waals surface area contributed by atoms with Crippen LogP contribution < -0.4 is 0 Å². The lowest BCUT2D eigenvalue weighted by molar-refractivity contribution is 0.200. The predicted molar refractivity (Wildman–Crippen MR) is 163 cm³/mol. The van der Waals surface area contributed by atoms with Crippen molar-refractivity contribution < 1.29 is 4.39 Å². The summed E-state index contributed by atoms with van der Waals surface area (Å²) in [6, 6.07) is 32.6. The van der Waals surface area contributed by atoms with E-state index in [-0.39, 0.29) is 11.9 Å². The van der Waals surface area contributed by atoms with Crippen molar-refractivity contribution >= 4 is 21.9 Å². The lowest BCUT2D eigenvalue weighted by atomic mass is 9.94. The lowest BCUT2D eigenvalue weighted by Gasteiger charge is -2.33. The minimum absolute atomic E-state index is 0.214. The average molecular weight is 544 g/mol. The summed E-state index contributed by atoms with van der Waals surface area (Å²) in [5, 5.41) is 5.86. The summed E-state index contributed by atoms with van der Waals surface area (Å²) in [7, 11) is 1.99. The second-order valence-electron chi connectivity index (χ2n) is 11.3. The molecule has 0 N–H and O–H groups in total. The van der Waals surface area contributed by atoms with E-state index in [0.717, 1.165) is 60.2 Å². The van der Waals surface area contributed by atoms with Crippen LogP contribution in [0.15, 0.2) is 97.1 Å². The molecule has 0 radical (unpaired) electrons. The second-order valence-corrected chi connectivity index (χ2v) is 11.3. The van der Waals surface area contributed by atoms with Crippen LogP contribution in [0.4, 0.5) is 4.39 Å². The van der Waals surface area contributed by atoms with Crippen molar-refractivity contribution in [1.82, 2.24) is 24.2 Å². The summed E-state index contributed by atoms with van der Waals surface area (Å²) >= 11 is 0. The number of para-hydroxylation sites is 3. The summed E-state index contributed by atoms with van der Waals surface area (Å²) in [4.78, 5) is 7.74. The van der Waals surface area contributed by atoms with Gasteiger partial charge in [0.1, 0.15) is 17.3 Å². The van der Waals surface area contributed by atoms with Gasteiger partial charge in [-0.3, -0.25) is 9.58 Å². The number of aromatic nitrogens is 4. The molecule has 6 aromatic rings. The molecule has 4 aromatic carbocycles. The third-order valence-electron chi connectivity index (χ3n) is 8.69. The van der Waals surface area contributed by atoms with Gasteiger partial charge in [0.25, 0.3) is 0 Å². The Labute approximate surface area is 239 Å². The molecule has 1 aliphatic rings. The van der Waals surface area contributed by atoms with E-state index >= 15 is 0 Å². The van der Waals surface area contributed by atoms with Gasteiger partial charge in [0, 0.05) is 30.5 Å². The number of hydrogen-bond acceptors (Lipinski definition) is 3. The zero-order valence-corrected chi connectivity index (χ0v) is 23.5. The average Bonchev–Trinajstić information content (AvgIpc) is 3.56. The van der Waals surface area contributed by atoms with Crippen LogP contribution in [0.25, 0.3) is 33.2 Å². The Balaban J connectivity index is 1.14. The van der Waals surface area contributed by atoms with Gasteiger partial charge in [0.05, 0.1) is 22.6 Å². The van der Waals surface area contributed by atoms with Crippen LogP contribution in [0.5, 0.6) is 0 Å². The Morgan fingerprint density at radius 2 is 1.63 bits per heavy atom.